The summed E-state index contributed by atoms with van der Waals surface area (Å²) in [6.45, 7) is 12.1. The summed E-state index contributed by atoms with van der Waals surface area (Å²) in [7, 11) is 1.64. The molecule has 1 aromatic heterocycles. The second kappa shape index (κ2) is 9.82. The highest BCUT2D eigenvalue weighted by Gasteiger charge is 2.34. The van der Waals surface area contributed by atoms with E-state index in [9.17, 15) is 9.59 Å². The van der Waals surface area contributed by atoms with E-state index >= 15 is 0 Å². The van der Waals surface area contributed by atoms with E-state index < -0.39 is 23.1 Å². The topological polar surface area (TPSA) is 66.8 Å². The highest BCUT2D eigenvalue weighted by molar-refractivity contribution is 5.97. The SMILES string of the molecule is COCCCn1c(C(=O)OC(C)(C)C)c2c(c1C(=O)OC(C)(C)C)CC/C=C\CC2. The number of fused-ring (bicyclic) bond motifs is 1. The van der Waals surface area contributed by atoms with Crippen LogP contribution in [-0.2, 0) is 33.6 Å². The molecule has 6 nitrogen and oxygen atoms in total. The lowest BCUT2D eigenvalue weighted by atomic mass is 9.96. The van der Waals surface area contributed by atoms with Crippen LogP contribution in [0.1, 0.15) is 92.9 Å². The fourth-order valence-corrected chi connectivity index (χ4v) is 3.66. The molecule has 0 saturated heterocycles. The average molecular weight is 420 g/mol. The Morgan fingerprint density at radius 2 is 1.30 bits per heavy atom. The molecule has 0 unspecified atom stereocenters. The predicted molar refractivity (Wildman–Crippen MR) is 117 cm³/mol. The maximum Gasteiger partial charge on any atom is 0.355 e. The van der Waals surface area contributed by atoms with Crippen molar-refractivity contribution >= 4 is 11.9 Å². The van der Waals surface area contributed by atoms with Crippen LogP contribution < -0.4 is 0 Å². The molecule has 0 fully saturated rings. The van der Waals surface area contributed by atoms with Crippen molar-refractivity contribution in [1.82, 2.24) is 4.57 Å². The second-order valence-electron chi connectivity index (χ2n) is 9.70. The first kappa shape index (κ1) is 24.2. The molecule has 1 aliphatic carbocycles. The first-order chi connectivity index (χ1) is 13.9. The lowest BCUT2D eigenvalue weighted by molar-refractivity contribution is 0.00485. The minimum absolute atomic E-state index is 0.393. The summed E-state index contributed by atoms with van der Waals surface area (Å²) >= 11 is 0. The number of hydrogen-bond acceptors (Lipinski definition) is 5. The number of aromatic nitrogens is 1. The minimum atomic E-state index is -0.626. The molecule has 0 saturated carbocycles. The van der Waals surface area contributed by atoms with Gasteiger partial charge in [-0.25, -0.2) is 9.59 Å². The zero-order valence-electron chi connectivity index (χ0n) is 19.6. The van der Waals surface area contributed by atoms with Crippen molar-refractivity contribution in [3.05, 3.63) is 34.7 Å². The maximum atomic E-state index is 13.3. The van der Waals surface area contributed by atoms with Crippen LogP contribution in [-0.4, -0.2) is 41.4 Å². The molecule has 30 heavy (non-hydrogen) atoms. The van der Waals surface area contributed by atoms with Crippen LogP contribution >= 0.6 is 0 Å². The first-order valence-corrected chi connectivity index (χ1v) is 10.8. The van der Waals surface area contributed by atoms with Gasteiger partial charge in [0.15, 0.2) is 0 Å². The van der Waals surface area contributed by atoms with Crippen molar-refractivity contribution in [2.45, 2.75) is 91.4 Å². The van der Waals surface area contributed by atoms with E-state index in [1.165, 1.54) is 0 Å². The van der Waals surface area contributed by atoms with Gasteiger partial charge in [-0.3, -0.25) is 0 Å². The number of hydrogen-bond donors (Lipinski definition) is 0. The lowest BCUT2D eigenvalue weighted by Gasteiger charge is -2.22. The quantitative estimate of drug-likeness (QED) is 0.374. The van der Waals surface area contributed by atoms with Gasteiger partial charge in [0, 0.05) is 20.3 Å². The van der Waals surface area contributed by atoms with Crippen molar-refractivity contribution in [2.24, 2.45) is 0 Å². The fourth-order valence-electron chi connectivity index (χ4n) is 3.66. The molecule has 1 aliphatic rings. The number of carbonyl (C=O) groups is 2. The Morgan fingerprint density at radius 3 is 1.67 bits per heavy atom. The second-order valence-corrected chi connectivity index (χ2v) is 9.70. The molecule has 168 valence electrons. The summed E-state index contributed by atoms with van der Waals surface area (Å²) in [6, 6.07) is 0. The van der Waals surface area contributed by atoms with Crippen LogP contribution in [0.15, 0.2) is 12.2 Å². The molecule has 0 atom stereocenters. The van der Waals surface area contributed by atoms with Crippen molar-refractivity contribution in [1.29, 1.82) is 0 Å². The molecule has 1 heterocycles. The number of allylic oxidation sites excluding steroid dienone is 2. The number of esters is 2. The van der Waals surface area contributed by atoms with Crippen LogP contribution in [0, 0.1) is 0 Å². The summed E-state index contributed by atoms with van der Waals surface area (Å²) in [5, 5.41) is 0. The standard InChI is InChI=1S/C24H37NO5/c1-23(2,3)29-21(26)19-17-13-10-8-9-11-14-18(17)20(22(27)30-24(4,5)6)25(19)15-12-16-28-7/h8-9H,10-16H2,1-7H3/b9-8-. The third kappa shape index (κ3) is 6.46. The summed E-state index contributed by atoms with van der Waals surface area (Å²) in [4.78, 5) is 26.5. The number of ether oxygens (including phenoxy) is 3. The van der Waals surface area contributed by atoms with Gasteiger partial charge in [-0.1, -0.05) is 12.2 Å². The molecule has 0 aromatic carbocycles. The van der Waals surface area contributed by atoms with Crippen molar-refractivity contribution in [2.75, 3.05) is 13.7 Å². The molecule has 0 amide bonds. The van der Waals surface area contributed by atoms with E-state index in [1.54, 1.807) is 7.11 Å². The van der Waals surface area contributed by atoms with Crippen LogP contribution in [0.2, 0.25) is 0 Å². The van der Waals surface area contributed by atoms with E-state index in [4.69, 9.17) is 14.2 Å². The van der Waals surface area contributed by atoms with E-state index in [-0.39, 0.29) is 0 Å². The lowest BCUT2D eigenvalue weighted by Crippen LogP contribution is -2.29. The van der Waals surface area contributed by atoms with Gasteiger partial charge in [-0.15, -0.1) is 0 Å². The summed E-state index contributed by atoms with van der Waals surface area (Å²) in [5.74, 6) is -0.786. The molecule has 6 heteroatoms. The van der Waals surface area contributed by atoms with Crippen LogP contribution in [0.3, 0.4) is 0 Å². The molecule has 0 radical (unpaired) electrons. The van der Waals surface area contributed by atoms with Gasteiger partial charge in [-0.2, -0.15) is 0 Å². The van der Waals surface area contributed by atoms with Gasteiger partial charge in [-0.05, 0) is 84.8 Å². The van der Waals surface area contributed by atoms with Gasteiger partial charge in [0.2, 0.25) is 0 Å². The van der Waals surface area contributed by atoms with Gasteiger partial charge in [0.1, 0.15) is 22.6 Å². The Balaban J connectivity index is 2.66. The van der Waals surface area contributed by atoms with Gasteiger partial charge >= 0.3 is 11.9 Å². The normalized spacial score (nSPS) is 15.7. The van der Waals surface area contributed by atoms with E-state index in [2.05, 4.69) is 12.2 Å². The Morgan fingerprint density at radius 1 is 0.867 bits per heavy atom. The summed E-state index contributed by atoms with van der Waals surface area (Å²) in [6.07, 6.45) is 7.96. The van der Waals surface area contributed by atoms with Crippen LogP contribution in [0.25, 0.3) is 0 Å². The minimum Gasteiger partial charge on any atom is -0.455 e. The number of rotatable bonds is 6. The smallest absolute Gasteiger partial charge is 0.355 e. The zero-order chi connectivity index (χ0) is 22.5. The predicted octanol–water partition coefficient (Wildman–Crippen LogP) is 4.87. The highest BCUT2D eigenvalue weighted by Crippen LogP contribution is 2.31. The van der Waals surface area contributed by atoms with Crippen LogP contribution in [0.4, 0.5) is 0 Å². The highest BCUT2D eigenvalue weighted by atomic mass is 16.6. The Hall–Kier alpha value is -2.08. The molecule has 0 N–H and O–H groups in total. The van der Waals surface area contributed by atoms with Crippen molar-refractivity contribution in [3.63, 3.8) is 0 Å². The first-order valence-electron chi connectivity index (χ1n) is 10.8. The largest absolute Gasteiger partial charge is 0.455 e. The summed E-state index contributed by atoms with van der Waals surface area (Å²) < 4.78 is 18.5. The van der Waals surface area contributed by atoms with Gasteiger partial charge in [0.05, 0.1) is 0 Å². The number of nitrogens with zero attached hydrogens (tertiary/aromatic N) is 1. The zero-order valence-corrected chi connectivity index (χ0v) is 19.6. The van der Waals surface area contributed by atoms with E-state index in [0.717, 1.165) is 24.0 Å². The molecular formula is C24H37NO5. The van der Waals surface area contributed by atoms with E-state index in [1.807, 2.05) is 46.1 Å². The fraction of sp³-hybridized carbons (Fsp3) is 0.667. The molecule has 1 aromatic rings. The van der Waals surface area contributed by atoms with Gasteiger partial charge < -0.3 is 18.8 Å². The molecule has 2 rings (SSSR count). The van der Waals surface area contributed by atoms with Crippen LogP contribution in [0.5, 0.6) is 0 Å². The number of carbonyl (C=O) groups excluding carboxylic acids is 2. The molecule has 0 aliphatic heterocycles. The molecule has 0 spiro atoms. The third-order valence-electron chi connectivity index (χ3n) is 4.68. The Labute approximate surface area is 180 Å². The summed E-state index contributed by atoms with van der Waals surface area (Å²) in [5.41, 5.74) is 1.52. The molecule has 0 bridgehead atoms. The maximum absolute atomic E-state index is 13.3. The molecular weight excluding hydrogens is 382 g/mol. The number of methoxy groups -OCH3 is 1. The Bertz CT molecular complexity index is 730. The monoisotopic (exact) mass is 419 g/mol. The van der Waals surface area contributed by atoms with Crippen molar-refractivity contribution < 1.29 is 23.8 Å². The van der Waals surface area contributed by atoms with E-state index in [0.29, 0.717) is 43.8 Å². The van der Waals surface area contributed by atoms with Crippen molar-refractivity contribution in [3.8, 4) is 0 Å². The third-order valence-corrected chi connectivity index (χ3v) is 4.68. The Kier molecular flexibility index (Phi) is 7.92. The average Bonchev–Trinajstić information content (AvgIpc) is 2.84. The van der Waals surface area contributed by atoms with Gasteiger partial charge in [0.25, 0.3) is 0 Å².